The predicted octanol–water partition coefficient (Wildman–Crippen LogP) is 15.2. The summed E-state index contributed by atoms with van der Waals surface area (Å²) >= 11 is 0. The number of allylic oxidation sites excluding steroid dienone is 2. The van der Waals surface area contributed by atoms with Crippen LogP contribution in [0.3, 0.4) is 0 Å². The van der Waals surface area contributed by atoms with E-state index >= 15 is 0 Å². The standard InChI is InChI=1S/C50H64Si/c1-11-13-15-31-51(32-16-14-12-2,47-35(3)33-45-41(19-17-21-43(45)47)37-23-27-39(28-24-37)49(5,6)7)48-36(4)34-46-42(20-18-22-44(46)48)38-25-29-40(30-26-38)50(8,9)10/h17-30,33-34,47-48H,11-16,31-32H2,1-10H3. The average Bonchev–Trinajstić information content (AvgIpc) is 3.63. The Bertz CT molecular complexity index is 1740. The van der Waals surface area contributed by atoms with E-state index in [1.807, 2.05) is 0 Å². The molecule has 0 heterocycles. The predicted molar refractivity (Wildman–Crippen MR) is 228 cm³/mol. The molecule has 4 aromatic rings. The molecule has 0 N–H and O–H groups in total. The van der Waals surface area contributed by atoms with Gasteiger partial charge < -0.3 is 0 Å². The first-order chi connectivity index (χ1) is 24.3. The highest BCUT2D eigenvalue weighted by molar-refractivity contribution is 6.84. The molecule has 51 heavy (non-hydrogen) atoms. The Kier molecular flexibility index (Phi) is 10.9. The van der Waals surface area contributed by atoms with Crippen LogP contribution in [0.5, 0.6) is 0 Å². The number of hydrogen-bond acceptors (Lipinski definition) is 0. The van der Waals surface area contributed by atoms with Crippen LogP contribution in [0.2, 0.25) is 12.1 Å². The first-order valence-electron chi connectivity index (χ1n) is 20.1. The molecule has 0 amide bonds. The molecule has 2 atom stereocenters. The lowest BCUT2D eigenvalue weighted by atomic mass is 9.86. The maximum Gasteiger partial charge on any atom is 0.0781 e. The summed E-state index contributed by atoms with van der Waals surface area (Å²) in [6.07, 6.45) is 13.1. The van der Waals surface area contributed by atoms with Gasteiger partial charge in [0.05, 0.1) is 8.07 Å². The zero-order valence-corrected chi connectivity index (χ0v) is 34.5. The van der Waals surface area contributed by atoms with Gasteiger partial charge in [0.15, 0.2) is 0 Å². The minimum absolute atomic E-state index is 0.152. The third-order valence-corrected chi connectivity index (χ3v) is 18.7. The molecule has 0 radical (unpaired) electrons. The van der Waals surface area contributed by atoms with Gasteiger partial charge in [0.25, 0.3) is 0 Å². The van der Waals surface area contributed by atoms with Crippen LogP contribution in [0.15, 0.2) is 96.1 Å². The van der Waals surface area contributed by atoms with Gasteiger partial charge in [0.1, 0.15) is 0 Å². The molecule has 0 saturated heterocycles. The van der Waals surface area contributed by atoms with Gasteiger partial charge in [-0.1, -0.05) is 214 Å². The molecule has 0 aromatic heterocycles. The molecule has 0 bridgehead atoms. The van der Waals surface area contributed by atoms with Crippen LogP contribution < -0.4 is 0 Å². The van der Waals surface area contributed by atoms with Crippen molar-refractivity contribution in [3.63, 3.8) is 0 Å². The monoisotopic (exact) mass is 692 g/mol. The summed E-state index contributed by atoms with van der Waals surface area (Å²) in [5.74, 6) is 0. The average molecular weight is 693 g/mol. The fourth-order valence-corrected chi connectivity index (χ4v) is 17.0. The van der Waals surface area contributed by atoms with Crippen LogP contribution >= 0.6 is 0 Å². The molecule has 0 aliphatic heterocycles. The highest BCUT2D eigenvalue weighted by Crippen LogP contribution is 2.58. The van der Waals surface area contributed by atoms with Gasteiger partial charge >= 0.3 is 0 Å². The Morgan fingerprint density at radius 3 is 1.20 bits per heavy atom. The van der Waals surface area contributed by atoms with Gasteiger partial charge in [-0.3, -0.25) is 0 Å². The highest BCUT2D eigenvalue weighted by Gasteiger charge is 2.52. The molecule has 1 heteroatoms. The van der Waals surface area contributed by atoms with Crippen molar-refractivity contribution in [1.29, 1.82) is 0 Å². The fraction of sp³-hybridized carbons (Fsp3) is 0.440. The second-order valence-electron chi connectivity index (χ2n) is 18.1. The van der Waals surface area contributed by atoms with E-state index in [4.69, 9.17) is 0 Å². The Morgan fingerprint density at radius 1 is 0.490 bits per heavy atom. The molecular formula is C50H64Si. The van der Waals surface area contributed by atoms with Gasteiger partial charge in [-0.2, -0.15) is 0 Å². The molecule has 0 nitrogen and oxygen atoms in total. The topological polar surface area (TPSA) is 0 Å². The summed E-state index contributed by atoms with van der Waals surface area (Å²) in [5, 5.41) is 0. The van der Waals surface area contributed by atoms with Crippen LogP contribution in [0.1, 0.15) is 152 Å². The maximum atomic E-state index is 2.61. The van der Waals surface area contributed by atoms with Crippen molar-refractivity contribution in [3.8, 4) is 22.3 Å². The molecule has 268 valence electrons. The number of hydrogen-bond donors (Lipinski definition) is 0. The van der Waals surface area contributed by atoms with Crippen LogP contribution in [0.4, 0.5) is 0 Å². The second-order valence-corrected chi connectivity index (χ2v) is 22.7. The summed E-state index contributed by atoms with van der Waals surface area (Å²) in [6.45, 7) is 23.6. The van der Waals surface area contributed by atoms with Crippen molar-refractivity contribution in [1.82, 2.24) is 0 Å². The van der Waals surface area contributed by atoms with Crippen LogP contribution in [-0.2, 0) is 10.8 Å². The zero-order valence-electron chi connectivity index (χ0n) is 33.5. The van der Waals surface area contributed by atoms with E-state index in [1.165, 1.54) is 95.1 Å². The normalized spacial score (nSPS) is 17.3. The Labute approximate surface area is 312 Å². The molecule has 2 aliphatic rings. The van der Waals surface area contributed by atoms with Crippen molar-refractivity contribution in [2.75, 3.05) is 0 Å². The SMILES string of the molecule is CCCCC[Si](CCCCC)(C1C(C)=Cc2c(-c3ccc(C(C)(C)C)cc3)cccc21)C1C(C)=Cc2c(-c3ccc(C(C)(C)C)cc3)cccc21. The lowest BCUT2D eigenvalue weighted by Crippen LogP contribution is -2.48. The third-order valence-electron chi connectivity index (χ3n) is 12.3. The lowest BCUT2D eigenvalue weighted by Gasteiger charge is -2.45. The van der Waals surface area contributed by atoms with Gasteiger partial charge in [0, 0.05) is 11.1 Å². The van der Waals surface area contributed by atoms with Gasteiger partial charge in [-0.25, -0.2) is 0 Å². The van der Waals surface area contributed by atoms with E-state index in [0.29, 0.717) is 11.1 Å². The molecule has 2 unspecified atom stereocenters. The van der Waals surface area contributed by atoms with E-state index in [2.05, 4.69) is 166 Å². The van der Waals surface area contributed by atoms with Gasteiger partial charge in [-0.15, -0.1) is 0 Å². The van der Waals surface area contributed by atoms with Gasteiger partial charge in [0.2, 0.25) is 0 Å². The van der Waals surface area contributed by atoms with E-state index < -0.39 is 8.07 Å². The third kappa shape index (κ3) is 7.30. The van der Waals surface area contributed by atoms with Crippen molar-refractivity contribution in [2.24, 2.45) is 0 Å². The van der Waals surface area contributed by atoms with E-state index in [-0.39, 0.29) is 10.8 Å². The summed E-state index contributed by atoms with van der Waals surface area (Å²) in [4.78, 5) is 0. The lowest BCUT2D eigenvalue weighted by molar-refractivity contribution is 0.590. The molecule has 0 fully saturated rings. The number of fused-ring (bicyclic) bond motifs is 2. The maximum absolute atomic E-state index is 2.61. The molecule has 2 aliphatic carbocycles. The minimum atomic E-state index is -2.08. The Balaban J connectivity index is 1.50. The van der Waals surface area contributed by atoms with Crippen LogP contribution in [-0.4, -0.2) is 8.07 Å². The number of benzene rings is 4. The van der Waals surface area contributed by atoms with Gasteiger partial charge in [-0.05, 0) is 80.3 Å². The Hall–Kier alpha value is -3.42. The Morgan fingerprint density at radius 2 is 0.863 bits per heavy atom. The number of unbranched alkanes of at least 4 members (excludes halogenated alkanes) is 4. The van der Waals surface area contributed by atoms with E-state index in [1.54, 1.807) is 22.3 Å². The quantitative estimate of drug-likeness (QED) is 0.102. The van der Waals surface area contributed by atoms with Crippen LogP contribution in [0, 0.1) is 0 Å². The minimum Gasteiger partial charge on any atom is -0.0678 e. The highest BCUT2D eigenvalue weighted by atomic mass is 28.3. The first kappa shape index (κ1) is 37.3. The van der Waals surface area contributed by atoms with Crippen molar-refractivity contribution >= 4 is 20.2 Å². The first-order valence-corrected chi connectivity index (χ1v) is 22.7. The second kappa shape index (κ2) is 14.9. The van der Waals surface area contributed by atoms with E-state index in [9.17, 15) is 0 Å². The molecule has 0 saturated carbocycles. The molecule has 6 rings (SSSR count). The van der Waals surface area contributed by atoms with Crippen molar-refractivity contribution in [2.45, 2.75) is 142 Å². The number of rotatable bonds is 12. The largest absolute Gasteiger partial charge is 0.0781 e. The smallest absolute Gasteiger partial charge is 0.0678 e. The fourth-order valence-electron chi connectivity index (χ4n) is 9.71. The summed E-state index contributed by atoms with van der Waals surface area (Å²) in [7, 11) is -2.08. The molecule has 0 spiro atoms. The van der Waals surface area contributed by atoms with E-state index in [0.717, 1.165) is 0 Å². The van der Waals surface area contributed by atoms with Crippen LogP contribution in [0.25, 0.3) is 34.4 Å². The van der Waals surface area contributed by atoms with Crippen molar-refractivity contribution in [3.05, 3.63) is 129 Å². The summed E-state index contributed by atoms with van der Waals surface area (Å²) in [5.41, 5.74) is 19.1. The van der Waals surface area contributed by atoms with Crippen molar-refractivity contribution < 1.29 is 0 Å². The summed E-state index contributed by atoms with van der Waals surface area (Å²) < 4.78 is 0. The molecule has 4 aromatic carbocycles. The zero-order chi connectivity index (χ0) is 36.6. The summed E-state index contributed by atoms with van der Waals surface area (Å²) in [6, 6.07) is 36.2. The molecular weight excluding hydrogens is 629 g/mol.